The fourth-order valence-corrected chi connectivity index (χ4v) is 3.64. The van der Waals surface area contributed by atoms with Gasteiger partial charge in [0, 0.05) is 44.5 Å². The summed E-state index contributed by atoms with van der Waals surface area (Å²) < 4.78 is 18.7. The third-order valence-corrected chi connectivity index (χ3v) is 5.38. The molecule has 31 heavy (non-hydrogen) atoms. The molecule has 2 aromatic carbocycles. The van der Waals surface area contributed by atoms with Crippen LogP contribution in [-0.2, 0) is 29.1 Å². The second-order valence-corrected chi connectivity index (χ2v) is 7.59. The van der Waals surface area contributed by atoms with Gasteiger partial charge in [0.1, 0.15) is 5.82 Å². The van der Waals surface area contributed by atoms with E-state index in [2.05, 4.69) is 10.3 Å². The molecule has 160 valence electrons. The Morgan fingerprint density at radius 2 is 1.90 bits per heavy atom. The first-order valence-electron chi connectivity index (χ1n) is 10.4. The van der Waals surface area contributed by atoms with Crippen molar-refractivity contribution >= 4 is 11.8 Å². The second kappa shape index (κ2) is 9.55. The average Bonchev–Trinajstić information content (AvgIpc) is 3.41. The number of carbonyl (C=O) groups is 2. The van der Waals surface area contributed by atoms with E-state index in [-0.39, 0.29) is 24.1 Å². The van der Waals surface area contributed by atoms with Crippen LogP contribution in [-0.4, -0.2) is 28.2 Å². The van der Waals surface area contributed by atoms with Crippen LogP contribution in [0.2, 0.25) is 0 Å². The van der Waals surface area contributed by atoms with Crippen LogP contribution in [0.4, 0.5) is 4.39 Å². The van der Waals surface area contributed by atoms with E-state index in [1.165, 1.54) is 12.1 Å². The van der Waals surface area contributed by atoms with Gasteiger partial charge in [-0.25, -0.2) is 9.37 Å². The quantitative estimate of drug-likeness (QED) is 0.599. The second-order valence-electron chi connectivity index (χ2n) is 7.59. The number of hydrogen-bond donors (Lipinski definition) is 1. The number of carbonyl (C=O) groups excluding carboxylic acids is 2. The molecule has 1 aliphatic rings. The van der Waals surface area contributed by atoms with E-state index in [4.69, 9.17) is 4.42 Å². The van der Waals surface area contributed by atoms with Crippen LogP contribution in [0.5, 0.6) is 0 Å². The zero-order valence-electron chi connectivity index (χ0n) is 17.1. The summed E-state index contributed by atoms with van der Waals surface area (Å²) >= 11 is 0. The summed E-state index contributed by atoms with van der Waals surface area (Å²) in [4.78, 5) is 30.3. The maximum Gasteiger partial charge on any atom is 0.222 e. The number of oxazole rings is 1. The molecule has 1 aliphatic heterocycles. The Hall–Kier alpha value is -3.48. The molecule has 3 aromatic rings. The van der Waals surface area contributed by atoms with Crippen molar-refractivity contribution in [1.82, 2.24) is 15.2 Å². The van der Waals surface area contributed by atoms with Crippen molar-refractivity contribution < 1.29 is 18.4 Å². The predicted molar refractivity (Wildman–Crippen MR) is 113 cm³/mol. The molecule has 1 fully saturated rings. The van der Waals surface area contributed by atoms with E-state index in [0.717, 1.165) is 29.7 Å². The van der Waals surface area contributed by atoms with E-state index in [1.54, 1.807) is 18.3 Å². The number of rotatable bonds is 8. The number of amides is 2. The largest absolute Gasteiger partial charge is 0.441 e. The SMILES string of the molecule is O=C(CCc1ncc(-c2ccc(F)cc2)o1)NCc1ccccc1CN1CCCC1=O. The van der Waals surface area contributed by atoms with E-state index < -0.39 is 0 Å². The molecule has 0 spiro atoms. The van der Waals surface area contributed by atoms with E-state index in [0.29, 0.717) is 37.6 Å². The summed E-state index contributed by atoms with van der Waals surface area (Å²) in [6, 6.07) is 13.8. The summed E-state index contributed by atoms with van der Waals surface area (Å²) in [5, 5.41) is 2.94. The van der Waals surface area contributed by atoms with Crippen LogP contribution in [0.15, 0.2) is 59.1 Å². The van der Waals surface area contributed by atoms with Gasteiger partial charge in [-0.15, -0.1) is 0 Å². The number of benzene rings is 2. The Balaban J connectivity index is 1.28. The van der Waals surface area contributed by atoms with Crippen LogP contribution in [0, 0.1) is 5.82 Å². The number of nitrogens with one attached hydrogen (secondary N) is 1. The van der Waals surface area contributed by atoms with Crippen molar-refractivity contribution in [3.8, 4) is 11.3 Å². The van der Waals surface area contributed by atoms with E-state index >= 15 is 0 Å². The zero-order chi connectivity index (χ0) is 21.6. The van der Waals surface area contributed by atoms with Gasteiger partial charge in [0.2, 0.25) is 11.8 Å². The Morgan fingerprint density at radius 3 is 2.65 bits per heavy atom. The number of aryl methyl sites for hydroxylation is 1. The van der Waals surface area contributed by atoms with Crippen molar-refractivity contribution in [2.45, 2.75) is 38.8 Å². The number of nitrogens with zero attached hydrogens (tertiary/aromatic N) is 2. The molecule has 0 unspecified atom stereocenters. The van der Waals surface area contributed by atoms with Gasteiger partial charge in [-0.2, -0.15) is 0 Å². The Kier molecular flexibility index (Phi) is 6.40. The molecule has 0 atom stereocenters. The van der Waals surface area contributed by atoms with Gasteiger partial charge < -0.3 is 14.6 Å². The smallest absolute Gasteiger partial charge is 0.222 e. The summed E-state index contributed by atoms with van der Waals surface area (Å²) in [5.74, 6) is 0.773. The summed E-state index contributed by atoms with van der Waals surface area (Å²) in [6.45, 7) is 1.77. The normalized spacial score (nSPS) is 13.6. The minimum atomic E-state index is -0.311. The maximum atomic E-state index is 13.0. The maximum absolute atomic E-state index is 13.0. The molecule has 0 bridgehead atoms. The fraction of sp³-hybridized carbons (Fsp3) is 0.292. The Morgan fingerprint density at radius 1 is 1.13 bits per heavy atom. The number of likely N-dealkylation sites (tertiary alicyclic amines) is 1. The van der Waals surface area contributed by atoms with E-state index in [1.807, 2.05) is 29.2 Å². The Labute approximate surface area is 180 Å². The monoisotopic (exact) mass is 421 g/mol. The highest BCUT2D eigenvalue weighted by Gasteiger charge is 2.21. The third kappa shape index (κ3) is 5.36. The van der Waals surface area contributed by atoms with Crippen molar-refractivity contribution in [3.05, 3.63) is 77.6 Å². The molecule has 6 nitrogen and oxygen atoms in total. The lowest BCUT2D eigenvalue weighted by Crippen LogP contribution is -2.27. The standard InChI is InChI=1S/C24H24FN3O3/c25-20-9-7-17(8-10-20)21-15-27-23(31-21)12-11-22(29)26-14-18-4-1-2-5-19(18)16-28-13-3-6-24(28)30/h1-2,4-5,7-10,15H,3,6,11-14,16H2,(H,26,29). The van der Waals surface area contributed by atoms with Gasteiger partial charge in [0.25, 0.3) is 0 Å². The average molecular weight is 421 g/mol. The molecule has 2 heterocycles. The highest BCUT2D eigenvalue weighted by atomic mass is 19.1. The molecular weight excluding hydrogens is 397 g/mol. The molecular formula is C24H24FN3O3. The van der Waals surface area contributed by atoms with Gasteiger partial charge in [-0.3, -0.25) is 9.59 Å². The van der Waals surface area contributed by atoms with Crippen LogP contribution in [0.1, 0.15) is 36.3 Å². The number of halogens is 1. The Bertz CT molecular complexity index is 1060. The molecule has 4 rings (SSSR count). The van der Waals surface area contributed by atoms with Crippen molar-refractivity contribution in [1.29, 1.82) is 0 Å². The highest BCUT2D eigenvalue weighted by molar-refractivity contribution is 5.78. The third-order valence-electron chi connectivity index (χ3n) is 5.38. The number of aromatic nitrogens is 1. The first kappa shape index (κ1) is 20.8. The van der Waals surface area contributed by atoms with Gasteiger partial charge in [-0.05, 0) is 41.8 Å². The van der Waals surface area contributed by atoms with Crippen LogP contribution in [0.25, 0.3) is 11.3 Å². The molecule has 2 amide bonds. The minimum absolute atomic E-state index is 0.103. The van der Waals surface area contributed by atoms with Crippen molar-refractivity contribution in [2.75, 3.05) is 6.54 Å². The van der Waals surface area contributed by atoms with Crippen LogP contribution < -0.4 is 5.32 Å². The van der Waals surface area contributed by atoms with Gasteiger partial charge in [-0.1, -0.05) is 24.3 Å². The predicted octanol–water partition coefficient (Wildman–Crippen LogP) is 3.85. The first-order valence-corrected chi connectivity index (χ1v) is 10.4. The minimum Gasteiger partial charge on any atom is -0.441 e. The number of hydrogen-bond acceptors (Lipinski definition) is 4. The highest BCUT2D eigenvalue weighted by Crippen LogP contribution is 2.21. The van der Waals surface area contributed by atoms with Crippen LogP contribution in [0.3, 0.4) is 0 Å². The molecule has 0 saturated carbocycles. The molecule has 0 aliphatic carbocycles. The molecule has 0 radical (unpaired) electrons. The zero-order valence-corrected chi connectivity index (χ0v) is 17.1. The molecule has 7 heteroatoms. The summed E-state index contributed by atoms with van der Waals surface area (Å²) in [7, 11) is 0. The van der Waals surface area contributed by atoms with Crippen molar-refractivity contribution in [3.63, 3.8) is 0 Å². The summed E-state index contributed by atoms with van der Waals surface area (Å²) in [6.07, 6.45) is 3.72. The van der Waals surface area contributed by atoms with Gasteiger partial charge >= 0.3 is 0 Å². The summed E-state index contributed by atoms with van der Waals surface area (Å²) in [5.41, 5.74) is 2.79. The van der Waals surface area contributed by atoms with E-state index in [9.17, 15) is 14.0 Å². The lowest BCUT2D eigenvalue weighted by atomic mass is 10.1. The lowest BCUT2D eigenvalue weighted by Gasteiger charge is -2.18. The molecule has 1 N–H and O–H groups in total. The first-order chi connectivity index (χ1) is 15.1. The fourth-order valence-electron chi connectivity index (χ4n) is 3.64. The molecule has 1 saturated heterocycles. The lowest BCUT2D eigenvalue weighted by molar-refractivity contribution is -0.128. The van der Waals surface area contributed by atoms with Gasteiger partial charge in [0.15, 0.2) is 11.7 Å². The van der Waals surface area contributed by atoms with Crippen LogP contribution >= 0.6 is 0 Å². The molecule has 1 aromatic heterocycles. The van der Waals surface area contributed by atoms with Gasteiger partial charge in [0.05, 0.1) is 6.20 Å². The van der Waals surface area contributed by atoms with Crippen molar-refractivity contribution in [2.24, 2.45) is 0 Å². The topological polar surface area (TPSA) is 75.4 Å².